The molecule has 1 saturated carbocycles. The van der Waals surface area contributed by atoms with Gasteiger partial charge < -0.3 is 5.32 Å². The number of amides is 1. The molecule has 18 heavy (non-hydrogen) atoms. The first kappa shape index (κ1) is 13.3. The first-order valence-corrected chi connectivity index (χ1v) is 7.65. The quantitative estimate of drug-likeness (QED) is 0.866. The lowest BCUT2D eigenvalue weighted by Crippen LogP contribution is -2.26. The average molecular weight is 292 g/mol. The summed E-state index contributed by atoms with van der Waals surface area (Å²) in [5.74, 6) is -1.37. The summed E-state index contributed by atoms with van der Waals surface area (Å²) >= 11 is 0. The molecule has 2 rings (SSSR count). The van der Waals surface area contributed by atoms with Crippen LogP contribution in [0, 0.1) is 12.7 Å². The van der Waals surface area contributed by atoms with E-state index in [0.717, 1.165) is 25.0 Å². The van der Waals surface area contributed by atoms with Crippen LogP contribution in [0.5, 0.6) is 0 Å². The van der Waals surface area contributed by atoms with E-state index >= 15 is 0 Å². The number of rotatable bonds is 3. The van der Waals surface area contributed by atoms with Gasteiger partial charge in [0, 0.05) is 16.7 Å². The van der Waals surface area contributed by atoms with Crippen LogP contribution < -0.4 is 5.32 Å². The van der Waals surface area contributed by atoms with Crippen molar-refractivity contribution in [2.75, 3.05) is 0 Å². The van der Waals surface area contributed by atoms with Crippen LogP contribution in [0.2, 0.25) is 0 Å². The highest BCUT2D eigenvalue weighted by Crippen LogP contribution is 2.24. The van der Waals surface area contributed by atoms with Gasteiger partial charge in [-0.25, -0.2) is 12.8 Å². The van der Waals surface area contributed by atoms with E-state index in [2.05, 4.69) is 5.32 Å². The van der Waals surface area contributed by atoms with Crippen molar-refractivity contribution in [3.05, 3.63) is 29.1 Å². The van der Waals surface area contributed by atoms with E-state index in [4.69, 9.17) is 10.7 Å². The van der Waals surface area contributed by atoms with Crippen LogP contribution in [0.4, 0.5) is 4.39 Å². The fourth-order valence-electron chi connectivity index (χ4n) is 1.58. The maximum atomic E-state index is 13.6. The molecule has 1 fully saturated rings. The number of aryl methyl sites for hydroxylation is 1. The Morgan fingerprint density at radius 1 is 1.44 bits per heavy atom. The molecule has 0 unspecified atom stereocenters. The second-order valence-electron chi connectivity index (χ2n) is 4.28. The van der Waals surface area contributed by atoms with Gasteiger partial charge in [0.15, 0.2) is 0 Å². The minimum atomic E-state index is -3.99. The summed E-state index contributed by atoms with van der Waals surface area (Å²) in [5, 5.41) is 2.59. The van der Waals surface area contributed by atoms with Gasteiger partial charge in [-0.3, -0.25) is 4.79 Å². The van der Waals surface area contributed by atoms with Crippen LogP contribution in [0.3, 0.4) is 0 Å². The smallest absolute Gasteiger partial charge is 0.261 e. The van der Waals surface area contributed by atoms with Crippen molar-refractivity contribution >= 4 is 25.6 Å². The Bertz CT molecular complexity index is 611. The summed E-state index contributed by atoms with van der Waals surface area (Å²) in [4.78, 5) is 11.5. The summed E-state index contributed by atoms with van der Waals surface area (Å²) in [6.07, 6.45) is 1.72. The second kappa shape index (κ2) is 4.51. The SMILES string of the molecule is Cc1cc(F)c(C(=O)NC2CC2)cc1S(=O)(=O)Cl. The first-order chi connectivity index (χ1) is 8.29. The van der Waals surface area contributed by atoms with Crippen LogP contribution in [-0.4, -0.2) is 20.4 Å². The van der Waals surface area contributed by atoms with Crippen molar-refractivity contribution in [3.8, 4) is 0 Å². The van der Waals surface area contributed by atoms with E-state index in [-0.39, 0.29) is 22.1 Å². The molecule has 1 aliphatic rings. The highest BCUT2D eigenvalue weighted by molar-refractivity contribution is 8.13. The lowest BCUT2D eigenvalue weighted by molar-refractivity contribution is 0.0947. The normalized spacial score (nSPS) is 15.5. The molecule has 0 heterocycles. The van der Waals surface area contributed by atoms with Crippen molar-refractivity contribution < 1.29 is 17.6 Å². The van der Waals surface area contributed by atoms with Crippen LogP contribution >= 0.6 is 10.7 Å². The fourth-order valence-corrected chi connectivity index (χ4v) is 2.78. The van der Waals surface area contributed by atoms with Crippen molar-refractivity contribution in [3.63, 3.8) is 0 Å². The molecule has 0 spiro atoms. The molecular weight excluding hydrogens is 281 g/mol. The van der Waals surface area contributed by atoms with E-state index in [1.54, 1.807) is 0 Å². The molecule has 0 aromatic heterocycles. The van der Waals surface area contributed by atoms with Crippen LogP contribution in [-0.2, 0) is 9.05 Å². The largest absolute Gasteiger partial charge is 0.349 e. The number of benzene rings is 1. The molecule has 1 aliphatic carbocycles. The zero-order chi connectivity index (χ0) is 13.5. The van der Waals surface area contributed by atoms with E-state index < -0.39 is 20.8 Å². The summed E-state index contributed by atoms with van der Waals surface area (Å²) in [6.45, 7) is 1.42. The Hall–Kier alpha value is -1.14. The topological polar surface area (TPSA) is 63.2 Å². The number of carbonyl (C=O) groups excluding carboxylic acids is 1. The number of carbonyl (C=O) groups is 1. The number of hydrogen-bond acceptors (Lipinski definition) is 3. The third-order valence-corrected chi connectivity index (χ3v) is 4.15. The van der Waals surface area contributed by atoms with Gasteiger partial charge in [0.25, 0.3) is 15.0 Å². The number of nitrogens with one attached hydrogen (secondary N) is 1. The third-order valence-electron chi connectivity index (χ3n) is 2.68. The number of halogens is 2. The van der Waals surface area contributed by atoms with Crippen molar-refractivity contribution in [1.29, 1.82) is 0 Å². The van der Waals surface area contributed by atoms with Gasteiger partial charge in [-0.15, -0.1) is 0 Å². The van der Waals surface area contributed by atoms with Gasteiger partial charge in [0.2, 0.25) is 0 Å². The minimum Gasteiger partial charge on any atom is -0.349 e. The van der Waals surface area contributed by atoms with Crippen LogP contribution in [0.1, 0.15) is 28.8 Å². The van der Waals surface area contributed by atoms with Gasteiger partial charge in [-0.1, -0.05) is 0 Å². The molecule has 1 amide bonds. The van der Waals surface area contributed by atoms with Crippen LogP contribution in [0.25, 0.3) is 0 Å². The summed E-state index contributed by atoms with van der Waals surface area (Å²) < 4.78 is 36.2. The lowest BCUT2D eigenvalue weighted by Gasteiger charge is -2.08. The van der Waals surface area contributed by atoms with E-state index in [1.807, 2.05) is 0 Å². The molecule has 1 aromatic rings. The van der Waals surface area contributed by atoms with Gasteiger partial charge in [0.1, 0.15) is 5.82 Å². The van der Waals surface area contributed by atoms with Crippen molar-refractivity contribution in [2.45, 2.75) is 30.7 Å². The Labute approximate surface area is 109 Å². The Balaban J connectivity index is 2.43. The predicted octanol–water partition coefficient (Wildman–Crippen LogP) is 1.95. The Kier molecular flexibility index (Phi) is 3.33. The molecule has 0 saturated heterocycles. The monoisotopic (exact) mass is 291 g/mol. The van der Waals surface area contributed by atoms with E-state index in [9.17, 15) is 17.6 Å². The maximum Gasteiger partial charge on any atom is 0.261 e. The summed E-state index contributed by atoms with van der Waals surface area (Å²) in [6, 6.07) is 2.04. The van der Waals surface area contributed by atoms with E-state index in [0.29, 0.717) is 0 Å². The maximum absolute atomic E-state index is 13.6. The molecule has 0 atom stereocenters. The predicted molar refractivity (Wildman–Crippen MR) is 64.7 cm³/mol. The molecule has 7 heteroatoms. The first-order valence-electron chi connectivity index (χ1n) is 5.34. The Morgan fingerprint density at radius 2 is 2.06 bits per heavy atom. The third kappa shape index (κ3) is 2.81. The zero-order valence-corrected chi connectivity index (χ0v) is 11.1. The highest BCUT2D eigenvalue weighted by atomic mass is 35.7. The second-order valence-corrected chi connectivity index (χ2v) is 6.82. The molecule has 0 bridgehead atoms. The molecule has 0 aliphatic heterocycles. The van der Waals surface area contributed by atoms with Crippen molar-refractivity contribution in [2.24, 2.45) is 0 Å². The molecular formula is C11H11ClFNO3S. The van der Waals surface area contributed by atoms with Gasteiger partial charge in [-0.2, -0.15) is 0 Å². The van der Waals surface area contributed by atoms with Crippen LogP contribution in [0.15, 0.2) is 17.0 Å². The summed E-state index contributed by atoms with van der Waals surface area (Å²) in [7, 11) is 1.24. The average Bonchev–Trinajstić information content (AvgIpc) is 2.99. The van der Waals surface area contributed by atoms with Gasteiger partial charge in [-0.05, 0) is 37.5 Å². The molecule has 1 N–H and O–H groups in total. The lowest BCUT2D eigenvalue weighted by atomic mass is 10.1. The fraction of sp³-hybridized carbons (Fsp3) is 0.364. The Morgan fingerprint density at radius 3 is 2.56 bits per heavy atom. The summed E-state index contributed by atoms with van der Waals surface area (Å²) in [5.41, 5.74) is -0.128. The minimum absolute atomic E-state index is 0.0641. The zero-order valence-electron chi connectivity index (χ0n) is 9.54. The highest BCUT2D eigenvalue weighted by Gasteiger charge is 2.26. The number of hydrogen-bond donors (Lipinski definition) is 1. The molecule has 0 radical (unpaired) electrons. The molecule has 4 nitrogen and oxygen atoms in total. The van der Waals surface area contributed by atoms with E-state index in [1.165, 1.54) is 6.92 Å². The van der Waals surface area contributed by atoms with Gasteiger partial charge >= 0.3 is 0 Å². The van der Waals surface area contributed by atoms with Gasteiger partial charge in [0.05, 0.1) is 10.5 Å². The molecule has 98 valence electrons. The van der Waals surface area contributed by atoms with Crippen molar-refractivity contribution in [1.82, 2.24) is 5.32 Å². The standard InChI is InChI=1S/C11H11ClFNO3S/c1-6-4-9(13)8(5-10(6)18(12,16)17)11(15)14-7-2-3-7/h4-5,7H,2-3H2,1H3,(H,14,15). The molecule has 1 aromatic carbocycles.